The molecule has 0 spiro atoms. The highest BCUT2D eigenvalue weighted by Crippen LogP contribution is 2.24. The zero-order valence-electron chi connectivity index (χ0n) is 5.82. The van der Waals surface area contributed by atoms with Crippen LogP contribution in [0.2, 0.25) is 0 Å². The fourth-order valence-corrected chi connectivity index (χ4v) is 2.02. The van der Waals surface area contributed by atoms with Crippen molar-refractivity contribution in [3.63, 3.8) is 0 Å². The normalized spacial score (nSPS) is 27.2. The van der Waals surface area contributed by atoms with Crippen molar-refractivity contribution in [2.24, 2.45) is 5.92 Å². The van der Waals surface area contributed by atoms with Crippen LogP contribution in [0.1, 0.15) is 20.3 Å². The van der Waals surface area contributed by atoms with Crippen molar-refractivity contribution in [3.8, 4) is 0 Å². The Balaban J connectivity index is 2.74. The second-order valence-electron chi connectivity index (χ2n) is 2.72. The van der Waals surface area contributed by atoms with Crippen LogP contribution >= 0.6 is 15.9 Å². The van der Waals surface area contributed by atoms with Gasteiger partial charge in [-0.2, -0.15) is 0 Å². The summed E-state index contributed by atoms with van der Waals surface area (Å²) in [6, 6.07) is 0. The Morgan fingerprint density at radius 2 is 2.33 bits per heavy atom. The minimum atomic E-state index is 0.712. The van der Waals surface area contributed by atoms with Crippen LogP contribution in [0.15, 0.2) is 22.2 Å². The van der Waals surface area contributed by atoms with Crippen LogP contribution in [-0.2, 0) is 0 Å². The average Bonchev–Trinajstić information content (AvgIpc) is 1.59. The van der Waals surface area contributed by atoms with E-state index in [2.05, 4.69) is 41.9 Å². The van der Waals surface area contributed by atoms with E-state index in [0.29, 0.717) is 5.92 Å². The van der Waals surface area contributed by atoms with Crippen LogP contribution < -0.4 is 0 Å². The van der Waals surface area contributed by atoms with Gasteiger partial charge in [-0.15, -0.1) is 0 Å². The summed E-state index contributed by atoms with van der Waals surface area (Å²) in [6.07, 6.45) is 5.64. The molecule has 0 amide bonds. The molecule has 0 bridgehead atoms. The number of hydrogen-bond donors (Lipinski definition) is 0. The highest BCUT2D eigenvalue weighted by atomic mass is 79.9. The van der Waals surface area contributed by atoms with E-state index in [9.17, 15) is 0 Å². The van der Waals surface area contributed by atoms with E-state index in [1.807, 2.05) is 0 Å². The molecule has 1 atom stereocenters. The summed E-state index contributed by atoms with van der Waals surface area (Å²) in [5.41, 5.74) is 1.47. The summed E-state index contributed by atoms with van der Waals surface area (Å²) in [5.74, 6) is 0.712. The van der Waals surface area contributed by atoms with Crippen molar-refractivity contribution in [1.29, 1.82) is 0 Å². The first-order chi connectivity index (χ1) is 4.18. The fraction of sp³-hybridized carbons (Fsp3) is 0.500. The van der Waals surface area contributed by atoms with E-state index in [4.69, 9.17) is 0 Å². The second-order valence-corrected chi connectivity index (χ2v) is 3.64. The molecule has 0 aliphatic heterocycles. The lowest BCUT2D eigenvalue weighted by molar-refractivity contribution is 0.706. The Kier molecular flexibility index (Phi) is 2.12. The lowest BCUT2D eigenvalue weighted by atomic mass is 9.97. The van der Waals surface area contributed by atoms with Crippen LogP contribution in [0, 0.1) is 5.92 Å². The maximum absolute atomic E-state index is 3.45. The summed E-state index contributed by atoms with van der Waals surface area (Å²) in [7, 11) is 0. The standard InChI is InChI=1S/C8H11Br/c1-6-3-7(2)5-8(9)4-6/h4-6H,3H2,1-2H3. The van der Waals surface area contributed by atoms with E-state index in [-0.39, 0.29) is 0 Å². The molecule has 1 aliphatic rings. The number of hydrogen-bond acceptors (Lipinski definition) is 0. The zero-order valence-corrected chi connectivity index (χ0v) is 7.40. The summed E-state index contributed by atoms with van der Waals surface area (Å²) in [5, 5.41) is 0. The molecule has 0 aromatic heterocycles. The van der Waals surface area contributed by atoms with Crippen molar-refractivity contribution in [3.05, 3.63) is 22.2 Å². The first kappa shape index (κ1) is 7.07. The third kappa shape index (κ3) is 1.98. The maximum atomic E-state index is 3.45. The summed E-state index contributed by atoms with van der Waals surface area (Å²) in [6.45, 7) is 4.41. The molecule has 0 N–H and O–H groups in total. The van der Waals surface area contributed by atoms with Gasteiger partial charge in [-0.3, -0.25) is 0 Å². The zero-order chi connectivity index (χ0) is 6.85. The van der Waals surface area contributed by atoms with Crippen LogP contribution in [0.3, 0.4) is 0 Å². The van der Waals surface area contributed by atoms with Gasteiger partial charge >= 0.3 is 0 Å². The lowest BCUT2D eigenvalue weighted by Crippen LogP contribution is -1.95. The van der Waals surface area contributed by atoms with Crippen LogP contribution in [-0.4, -0.2) is 0 Å². The van der Waals surface area contributed by atoms with Gasteiger partial charge in [0.1, 0.15) is 0 Å². The highest BCUT2D eigenvalue weighted by molar-refractivity contribution is 9.11. The molecule has 9 heavy (non-hydrogen) atoms. The molecule has 0 heterocycles. The minimum Gasteiger partial charge on any atom is -0.0716 e. The van der Waals surface area contributed by atoms with Crippen molar-refractivity contribution in [1.82, 2.24) is 0 Å². The van der Waals surface area contributed by atoms with Gasteiger partial charge in [0, 0.05) is 4.48 Å². The summed E-state index contributed by atoms with van der Waals surface area (Å²) >= 11 is 3.45. The lowest BCUT2D eigenvalue weighted by Gasteiger charge is -2.12. The topological polar surface area (TPSA) is 0 Å². The molecule has 1 heteroatoms. The van der Waals surface area contributed by atoms with E-state index >= 15 is 0 Å². The predicted molar refractivity (Wildman–Crippen MR) is 44.5 cm³/mol. The van der Waals surface area contributed by atoms with Gasteiger partial charge in [0.15, 0.2) is 0 Å². The molecule has 0 aromatic rings. The van der Waals surface area contributed by atoms with Crippen molar-refractivity contribution in [2.75, 3.05) is 0 Å². The van der Waals surface area contributed by atoms with Crippen LogP contribution in [0.4, 0.5) is 0 Å². The first-order valence-electron chi connectivity index (χ1n) is 3.23. The quantitative estimate of drug-likeness (QED) is 0.546. The molecule has 0 fully saturated rings. The largest absolute Gasteiger partial charge is 0.0716 e. The molecule has 0 saturated carbocycles. The smallest absolute Gasteiger partial charge is 0.0137 e. The number of allylic oxidation sites excluding steroid dienone is 4. The van der Waals surface area contributed by atoms with E-state index in [0.717, 1.165) is 0 Å². The van der Waals surface area contributed by atoms with Crippen molar-refractivity contribution in [2.45, 2.75) is 20.3 Å². The SMILES string of the molecule is CC1=CC(Br)=CC(C)C1. The monoisotopic (exact) mass is 186 g/mol. The van der Waals surface area contributed by atoms with Gasteiger partial charge in [-0.25, -0.2) is 0 Å². The predicted octanol–water partition coefficient (Wildman–Crippen LogP) is 3.25. The second kappa shape index (κ2) is 2.70. The van der Waals surface area contributed by atoms with Crippen LogP contribution in [0.5, 0.6) is 0 Å². The van der Waals surface area contributed by atoms with Gasteiger partial charge in [0.2, 0.25) is 0 Å². The molecular weight excluding hydrogens is 176 g/mol. The molecule has 0 aromatic carbocycles. The molecule has 1 aliphatic carbocycles. The average molecular weight is 187 g/mol. The van der Waals surface area contributed by atoms with Crippen molar-refractivity contribution < 1.29 is 0 Å². The fourth-order valence-electron chi connectivity index (χ4n) is 1.18. The van der Waals surface area contributed by atoms with Gasteiger partial charge in [0.05, 0.1) is 0 Å². The molecule has 0 nitrogen and oxygen atoms in total. The molecule has 1 unspecified atom stereocenters. The van der Waals surface area contributed by atoms with E-state index in [1.54, 1.807) is 0 Å². The number of halogens is 1. The Hall–Kier alpha value is -0.0400. The van der Waals surface area contributed by atoms with Gasteiger partial charge in [-0.1, -0.05) is 34.5 Å². The Bertz CT molecular complexity index is 165. The highest BCUT2D eigenvalue weighted by Gasteiger charge is 2.05. The van der Waals surface area contributed by atoms with Crippen LogP contribution in [0.25, 0.3) is 0 Å². The maximum Gasteiger partial charge on any atom is 0.0137 e. The van der Waals surface area contributed by atoms with Gasteiger partial charge < -0.3 is 0 Å². The molecule has 0 radical (unpaired) electrons. The number of rotatable bonds is 0. The third-order valence-electron chi connectivity index (χ3n) is 1.47. The Labute approximate surface area is 64.8 Å². The van der Waals surface area contributed by atoms with E-state index < -0.39 is 0 Å². The summed E-state index contributed by atoms with van der Waals surface area (Å²) < 4.78 is 1.23. The van der Waals surface area contributed by atoms with Gasteiger partial charge in [-0.05, 0) is 25.3 Å². The van der Waals surface area contributed by atoms with Crippen molar-refractivity contribution >= 4 is 15.9 Å². The third-order valence-corrected chi connectivity index (χ3v) is 1.97. The molecule has 1 rings (SSSR count). The molecule has 0 saturated heterocycles. The van der Waals surface area contributed by atoms with Gasteiger partial charge in [0.25, 0.3) is 0 Å². The van der Waals surface area contributed by atoms with E-state index in [1.165, 1.54) is 16.5 Å². The molecular formula is C8H11Br. The molecule has 50 valence electrons. The first-order valence-corrected chi connectivity index (χ1v) is 4.02. The summed E-state index contributed by atoms with van der Waals surface area (Å²) in [4.78, 5) is 0. The minimum absolute atomic E-state index is 0.712. The Morgan fingerprint density at radius 3 is 2.78 bits per heavy atom. The Morgan fingerprint density at radius 1 is 1.67 bits per heavy atom.